The van der Waals surface area contributed by atoms with Crippen LogP contribution in [-0.2, 0) is 4.79 Å². The summed E-state index contributed by atoms with van der Waals surface area (Å²) < 4.78 is 0.905. The van der Waals surface area contributed by atoms with Crippen LogP contribution in [0.15, 0.2) is 34.2 Å². The van der Waals surface area contributed by atoms with Crippen LogP contribution in [0.1, 0.15) is 11.5 Å². The Kier molecular flexibility index (Phi) is 3.05. The standard InChI is InChI=1S/C12H10BrN3OS/c13-10-6-15-12(18-10)16-11(17)8-5-14-9-4-2-1-3-7(8)9/h1-4,6,8,14H,5H2,(H,15,16,17). The lowest BCUT2D eigenvalue weighted by molar-refractivity contribution is -0.117. The Morgan fingerprint density at radius 1 is 1.50 bits per heavy atom. The Morgan fingerprint density at radius 2 is 2.33 bits per heavy atom. The number of halogens is 1. The maximum Gasteiger partial charge on any atom is 0.235 e. The molecule has 0 aliphatic carbocycles. The number of hydrogen-bond acceptors (Lipinski definition) is 4. The summed E-state index contributed by atoms with van der Waals surface area (Å²) in [6, 6.07) is 7.89. The van der Waals surface area contributed by atoms with Crippen molar-refractivity contribution in [3.8, 4) is 0 Å². The van der Waals surface area contributed by atoms with Crippen molar-refractivity contribution in [1.29, 1.82) is 0 Å². The number of aromatic nitrogens is 1. The molecule has 0 saturated carbocycles. The van der Waals surface area contributed by atoms with Crippen molar-refractivity contribution in [1.82, 2.24) is 4.98 Å². The van der Waals surface area contributed by atoms with Crippen LogP contribution in [0.2, 0.25) is 0 Å². The van der Waals surface area contributed by atoms with Crippen LogP contribution in [0.5, 0.6) is 0 Å². The smallest absolute Gasteiger partial charge is 0.235 e. The number of amides is 1. The zero-order chi connectivity index (χ0) is 12.5. The van der Waals surface area contributed by atoms with Crippen LogP contribution in [0, 0.1) is 0 Å². The molecule has 0 spiro atoms. The van der Waals surface area contributed by atoms with Gasteiger partial charge >= 0.3 is 0 Å². The molecule has 0 bridgehead atoms. The van der Waals surface area contributed by atoms with Crippen molar-refractivity contribution in [3.05, 3.63) is 39.8 Å². The van der Waals surface area contributed by atoms with Crippen LogP contribution in [0.3, 0.4) is 0 Å². The number of rotatable bonds is 2. The van der Waals surface area contributed by atoms with Crippen LogP contribution in [-0.4, -0.2) is 17.4 Å². The normalized spacial score (nSPS) is 17.1. The van der Waals surface area contributed by atoms with E-state index in [0.29, 0.717) is 11.7 Å². The Bertz CT molecular complexity index is 599. The Morgan fingerprint density at radius 3 is 3.11 bits per heavy atom. The fourth-order valence-corrected chi connectivity index (χ4v) is 3.13. The van der Waals surface area contributed by atoms with Gasteiger partial charge in [0.1, 0.15) is 0 Å². The van der Waals surface area contributed by atoms with Gasteiger partial charge in [0.25, 0.3) is 0 Å². The second kappa shape index (κ2) is 4.70. The second-order valence-electron chi connectivity index (χ2n) is 3.98. The molecule has 1 aromatic heterocycles. The van der Waals surface area contributed by atoms with Gasteiger partial charge in [0, 0.05) is 12.2 Å². The zero-order valence-electron chi connectivity index (χ0n) is 9.31. The summed E-state index contributed by atoms with van der Waals surface area (Å²) in [5.74, 6) is -0.168. The molecule has 1 amide bonds. The Labute approximate surface area is 117 Å². The molecule has 92 valence electrons. The number of nitrogens with zero attached hydrogens (tertiary/aromatic N) is 1. The number of thiazole rings is 1. The van der Waals surface area contributed by atoms with Crippen LogP contribution < -0.4 is 10.6 Å². The molecule has 2 N–H and O–H groups in total. The summed E-state index contributed by atoms with van der Waals surface area (Å²) in [7, 11) is 0. The number of benzene rings is 1. The van der Waals surface area contributed by atoms with E-state index in [9.17, 15) is 4.79 Å². The van der Waals surface area contributed by atoms with Crippen molar-refractivity contribution in [2.75, 3.05) is 17.2 Å². The van der Waals surface area contributed by atoms with Crippen molar-refractivity contribution in [3.63, 3.8) is 0 Å². The third-order valence-electron chi connectivity index (χ3n) is 2.86. The van der Waals surface area contributed by atoms with E-state index in [1.54, 1.807) is 6.20 Å². The highest BCUT2D eigenvalue weighted by atomic mass is 79.9. The van der Waals surface area contributed by atoms with E-state index in [1.807, 2.05) is 24.3 Å². The van der Waals surface area contributed by atoms with Crippen molar-refractivity contribution >= 4 is 44.0 Å². The molecule has 18 heavy (non-hydrogen) atoms. The Balaban J connectivity index is 1.78. The van der Waals surface area contributed by atoms with Gasteiger partial charge in [-0.25, -0.2) is 4.98 Å². The van der Waals surface area contributed by atoms with Crippen molar-refractivity contribution in [2.45, 2.75) is 5.92 Å². The number of nitrogens with one attached hydrogen (secondary N) is 2. The molecular weight excluding hydrogens is 314 g/mol. The molecule has 0 fully saturated rings. The number of carbonyl (C=O) groups excluding carboxylic acids is 1. The van der Waals surface area contributed by atoms with E-state index < -0.39 is 0 Å². The Hall–Kier alpha value is -1.40. The summed E-state index contributed by atoms with van der Waals surface area (Å²) in [6.07, 6.45) is 1.68. The van der Waals surface area contributed by atoms with Gasteiger partial charge in [-0.15, -0.1) is 0 Å². The lowest BCUT2D eigenvalue weighted by Gasteiger charge is -2.08. The van der Waals surface area contributed by atoms with Gasteiger partial charge in [0.05, 0.1) is 15.9 Å². The van der Waals surface area contributed by atoms with Gasteiger partial charge in [-0.1, -0.05) is 29.5 Å². The predicted octanol–water partition coefficient (Wildman–Crippen LogP) is 3.05. The van der Waals surface area contributed by atoms with Crippen molar-refractivity contribution < 1.29 is 4.79 Å². The molecular formula is C12H10BrN3OS. The van der Waals surface area contributed by atoms with Crippen LogP contribution in [0.4, 0.5) is 10.8 Å². The lowest BCUT2D eigenvalue weighted by Crippen LogP contribution is -2.22. The van der Waals surface area contributed by atoms with Crippen molar-refractivity contribution in [2.24, 2.45) is 0 Å². The van der Waals surface area contributed by atoms with Gasteiger partial charge in [0.15, 0.2) is 5.13 Å². The monoisotopic (exact) mass is 323 g/mol. The van der Waals surface area contributed by atoms with Crippen LogP contribution in [0.25, 0.3) is 0 Å². The number of carbonyl (C=O) groups is 1. The molecule has 4 nitrogen and oxygen atoms in total. The SMILES string of the molecule is O=C(Nc1ncc(Br)s1)C1CNc2ccccc21. The fraction of sp³-hybridized carbons (Fsp3) is 0.167. The summed E-state index contributed by atoms with van der Waals surface area (Å²) in [5, 5.41) is 6.70. The summed E-state index contributed by atoms with van der Waals surface area (Å²) in [6.45, 7) is 0.637. The minimum atomic E-state index is -0.149. The highest BCUT2D eigenvalue weighted by molar-refractivity contribution is 9.11. The zero-order valence-corrected chi connectivity index (χ0v) is 11.7. The molecule has 0 radical (unpaired) electrons. The summed E-state index contributed by atoms with van der Waals surface area (Å²) >= 11 is 4.73. The first-order valence-electron chi connectivity index (χ1n) is 5.49. The number of para-hydroxylation sites is 1. The first-order valence-corrected chi connectivity index (χ1v) is 7.10. The minimum absolute atomic E-state index is 0.0192. The molecule has 1 aromatic carbocycles. The molecule has 1 atom stereocenters. The van der Waals surface area contributed by atoms with Gasteiger partial charge in [-0.05, 0) is 27.6 Å². The minimum Gasteiger partial charge on any atom is -0.384 e. The van der Waals surface area contributed by atoms with E-state index in [2.05, 4.69) is 31.5 Å². The molecule has 6 heteroatoms. The maximum atomic E-state index is 12.2. The summed E-state index contributed by atoms with van der Waals surface area (Å²) in [4.78, 5) is 16.3. The molecule has 1 unspecified atom stereocenters. The molecule has 1 aliphatic rings. The van der Waals surface area contributed by atoms with E-state index in [0.717, 1.165) is 15.0 Å². The van der Waals surface area contributed by atoms with Crippen LogP contribution >= 0.6 is 27.3 Å². The molecule has 2 heterocycles. The average molecular weight is 324 g/mol. The number of fused-ring (bicyclic) bond motifs is 1. The lowest BCUT2D eigenvalue weighted by atomic mass is 10.0. The topological polar surface area (TPSA) is 54.0 Å². The predicted molar refractivity (Wildman–Crippen MR) is 76.1 cm³/mol. The fourth-order valence-electron chi connectivity index (χ4n) is 2.02. The van der Waals surface area contributed by atoms with Gasteiger partial charge < -0.3 is 10.6 Å². The van der Waals surface area contributed by atoms with Gasteiger partial charge in [0.2, 0.25) is 5.91 Å². The number of anilines is 2. The molecule has 1 aliphatic heterocycles. The third kappa shape index (κ3) is 2.13. The maximum absolute atomic E-state index is 12.2. The highest BCUT2D eigenvalue weighted by Crippen LogP contribution is 2.32. The highest BCUT2D eigenvalue weighted by Gasteiger charge is 2.28. The third-order valence-corrected chi connectivity index (χ3v) is 4.25. The number of hydrogen-bond donors (Lipinski definition) is 2. The van der Waals surface area contributed by atoms with Gasteiger partial charge in [-0.3, -0.25) is 4.79 Å². The van der Waals surface area contributed by atoms with E-state index >= 15 is 0 Å². The second-order valence-corrected chi connectivity index (χ2v) is 6.39. The molecule has 2 aromatic rings. The largest absolute Gasteiger partial charge is 0.384 e. The average Bonchev–Trinajstić information content (AvgIpc) is 2.95. The van der Waals surface area contributed by atoms with E-state index in [-0.39, 0.29) is 11.8 Å². The summed E-state index contributed by atoms with van der Waals surface area (Å²) in [5.41, 5.74) is 2.09. The molecule has 0 saturated heterocycles. The quantitative estimate of drug-likeness (QED) is 0.893. The molecule has 3 rings (SSSR count). The van der Waals surface area contributed by atoms with E-state index in [4.69, 9.17) is 0 Å². The first kappa shape index (κ1) is 11.7. The van der Waals surface area contributed by atoms with E-state index in [1.165, 1.54) is 11.3 Å². The first-order chi connectivity index (χ1) is 8.74. The van der Waals surface area contributed by atoms with Gasteiger partial charge in [-0.2, -0.15) is 0 Å².